The largest absolute Gasteiger partial charge is 0.307 e. The number of amides is 1. The summed E-state index contributed by atoms with van der Waals surface area (Å²) >= 11 is 6.35. The van der Waals surface area contributed by atoms with Crippen LogP contribution in [0, 0.1) is 5.92 Å². The molecular weight excluding hydrogens is 274 g/mol. The summed E-state index contributed by atoms with van der Waals surface area (Å²) in [5.74, 6) is 0.567. The highest BCUT2D eigenvalue weighted by Gasteiger charge is 2.24. The zero-order valence-corrected chi connectivity index (χ0v) is 13.0. The Morgan fingerprint density at radius 2 is 1.95 bits per heavy atom. The molecule has 4 heteroatoms. The van der Waals surface area contributed by atoms with Crippen molar-refractivity contribution in [3.8, 4) is 0 Å². The number of allylic oxidation sites excluding steroid dienone is 1. The van der Waals surface area contributed by atoms with E-state index in [1.54, 1.807) is 0 Å². The third-order valence-electron chi connectivity index (χ3n) is 2.99. The van der Waals surface area contributed by atoms with Crippen molar-refractivity contribution in [2.24, 2.45) is 5.92 Å². The van der Waals surface area contributed by atoms with Gasteiger partial charge in [-0.2, -0.15) is 0 Å². The van der Waals surface area contributed by atoms with Crippen LogP contribution in [0.15, 0.2) is 29.2 Å². The molecule has 0 saturated carbocycles. The summed E-state index contributed by atoms with van der Waals surface area (Å²) < 4.78 is 0.538. The maximum atomic E-state index is 11.7. The van der Waals surface area contributed by atoms with Crippen LogP contribution >= 0.6 is 24.0 Å². The van der Waals surface area contributed by atoms with Crippen LogP contribution in [0.1, 0.15) is 31.9 Å². The number of nitrogens with one attached hydrogen (secondary N) is 1. The molecule has 1 aromatic carbocycles. The van der Waals surface area contributed by atoms with Crippen LogP contribution in [0.5, 0.6) is 0 Å². The number of thiocarbonyl (C=S) groups is 1. The second-order valence-corrected chi connectivity index (χ2v) is 6.78. The smallest absolute Gasteiger partial charge is 0.263 e. The Hall–Kier alpha value is -1.13. The third-order valence-corrected chi connectivity index (χ3v) is 4.32. The lowest BCUT2D eigenvalue weighted by molar-refractivity contribution is -0.115. The fraction of sp³-hybridized carbons (Fsp3) is 0.333. The number of carbonyl (C=O) groups excluding carboxylic acids is 1. The lowest BCUT2D eigenvalue weighted by Gasteiger charge is -2.08. The first-order chi connectivity index (χ1) is 8.97. The molecule has 1 N–H and O–H groups in total. The van der Waals surface area contributed by atoms with Gasteiger partial charge in [-0.25, -0.2) is 0 Å². The topological polar surface area (TPSA) is 29.1 Å². The summed E-state index contributed by atoms with van der Waals surface area (Å²) in [6, 6.07) is 8.43. The van der Waals surface area contributed by atoms with Crippen LogP contribution in [-0.2, 0) is 11.2 Å². The summed E-state index contributed by atoms with van der Waals surface area (Å²) in [7, 11) is 0. The summed E-state index contributed by atoms with van der Waals surface area (Å²) in [5.41, 5.74) is 3.39. The summed E-state index contributed by atoms with van der Waals surface area (Å²) in [4.78, 5) is 12.4. The molecule has 1 fully saturated rings. The SMILES string of the molecule is C/C(=C1\SC(=S)NC1=O)c1ccc(CC(C)C)cc1. The van der Waals surface area contributed by atoms with Crippen LogP contribution in [-0.4, -0.2) is 10.2 Å². The normalized spacial score (nSPS) is 17.9. The highest BCUT2D eigenvalue weighted by Crippen LogP contribution is 2.31. The number of carbonyl (C=O) groups is 1. The monoisotopic (exact) mass is 291 g/mol. The average molecular weight is 291 g/mol. The first-order valence-electron chi connectivity index (χ1n) is 6.30. The molecule has 0 aromatic heterocycles. The van der Waals surface area contributed by atoms with Gasteiger partial charge < -0.3 is 5.32 Å². The fourth-order valence-electron chi connectivity index (χ4n) is 2.05. The highest BCUT2D eigenvalue weighted by atomic mass is 32.2. The Balaban J connectivity index is 2.25. The van der Waals surface area contributed by atoms with Gasteiger partial charge in [0.1, 0.15) is 4.32 Å². The predicted molar refractivity (Wildman–Crippen MR) is 85.9 cm³/mol. The van der Waals surface area contributed by atoms with E-state index in [2.05, 4.69) is 43.4 Å². The Kier molecular flexibility index (Phi) is 4.42. The number of hydrogen-bond donors (Lipinski definition) is 1. The van der Waals surface area contributed by atoms with Crippen molar-refractivity contribution in [1.82, 2.24) is 5.32 Å². The molecule has 1 amide bonds. The van der Waals surface area contributed by atoms with E-state index in [1.807, 2.05) is 6.92 Å². The van der Waals surface area contributed by atoms with Crippen molar-refractivity contribution in [2.75, 3.05) is 0 Å². The van der Waals surface area contributed by atoms with Crippen molar-refractivity contribution in [1.29, 1.82) is 0 Å². The number of thioether (sulfide) groups is 1. The van der Waals surface area contributed by atoms with E-state index in [0.29, 0.717) is 15.1 Å². The second kappa shape index (κ2) is 5.88. The standard InChI is InChI=1S/C15H17NOS2/c1-9(2)8-11-4-6-12(7-5-11)10(3)13-14(17)16-15(18)19-13/h4-7,9H,8H2,1-3H3,(H,16,17,18)/b13-10+. The lowest BCUT2D eigenvalue weighted by atomic mass is 9.99. The van der Waals surface area contributed by atoms with Gasteiger partial charge >= 0.3 is 0 Å². The number of rotatable bonds is 3. The van der Waals surface area contributed by atoms with Crippen LogP contribution in [0.25, 0.3) is 5.57 Å². The molecule has 0 spiro atoms. The molecule has 1 saturated heterocycles. The second-order valence-electron chi connectivity index (χ2n) is 5.09. The molecule has 0 unspecified atom stereocenters. The van der Waals surface area contributed by atoms with Crippen LogP contribution in [0.2, 0.25) is 0 Å². The minimum Gasteiger partial charge on any atom is -0.307 e. The number of hydrogen-bond acceptors (Lipinski definition) is 3. The molecule has 0 radical (unpaired) electrons. The molecule has 2 rings (SSSR count). The molecule has 2 nitrogen and oxygen atoms in total. The Morgan fingerprint density at radius 1 is 1.32 bits per heavy atom. The summed E-state index contributed by atoms with van der Waals surface area (Å²) in [6.45, 7) is 6.39. The van der Waals surface area contributed by atoms with E-state index in [1.165, 1.54) is 17.3 Å². The maximum absolute atomic E-state index is 11.7. The van der Waals surface area contributed by atoms with Crippen LogP contribution in [0.4, 0.5) is 0 Å². The average Bonchev–Trinajstić information content (AvgIpc) is 2.68. The van der Waals surface area contributed by atoms with Gasteiger partial charge in [-0.3, -0.25) is 4.79 Å². The molecule has 19 heavy (non-hydrogen) atoms. The summed E-state index contributed by atoms with van der Waals surface area (Å²) in [5, 5.41) is 2.65. The van der Waals surface area contributed by atoms with Gasteiger partial charge in [0.25, 0.3) is 5.91 Å². The van der Waals surface area contributed by atoms with Gasteiger partial charge in [-0.05, 0) is 36.0 Å². The van der Waals surface area contributed by atoms with E-state index in [4.69, 9.17) is 12.2 Å². The van der Waals surface area contributed by atoms with E-state index in [9.17, 15) is 4.79 Å². The fourth-order valence-corrected chi connectivity index (χ4v) is 3.14. The van der Waals surface area contributed by atoms with Crippen molar-refractivity contribution in [2.45, 2.75) is 27.2 Å². The molecule has 1 aromatic rings. The zero-order valence-electron chi connectivity index (χ0n) is 11.3. The minimum atomic E-state index is -0.0845. The highest BCUT2D eigenvalue weighted by molar-refractivity contribution is 8.26. The Morgan fingerprint density at radius 3 is 2.42 bits per heavy atom. The molecule has 0 atom stereocenters. The third kappa shape index (κ3) is 3.45. The minimum absolute atomic E-state index is 0.0845. The van der Waals surface area contributed by atoms with E-state index in [-0.39, 0.29) is 5.91 Å². The first-order valence-corrected chi connectivity index (χ1v) is 7.53. The van der Waals surface area contributed by atoms with E-state index in [0.717, 1.165) is 17.6 Å². The van der Waals surface area contributed by atoms with Crippen LogP contribution < -0.4 is 5.32 Å². The van der Waals surface area contributed by atoms with E-state index >= 15 is 0 Å². The van der Waals surface area contributed by atoms with Gasteiger partial charge in [-0.1, -0.05) is 62.1 Å². The van der Waals surface area contributed by atoms with Gasteiger partial charge in [0, 0.05) is 0 Å². The number of benzene rings is 1. The molecule has 100 valence electrons. The molecule has 1 heterocycles. The Bertz CT molecular complexity index is 544. The van der Waals surface area contributed by atoms with Crippen molar-refractivity contribution in [3.05, 3.63) is 40.3 Å². The van der Waals surface area contributed by atoms with Gasteiger partial charge in [0.2, 0.25) is 0 Å². The first kappa shape index (κ1) is 14.3. The van der Waals surface area contributed by atoms with Gasteiger partial charge in [-0.15, -0.1) is 0 Å². The van der Waals surface area contributed by atoms with Gasteiger partial charge in [0.05, 0.1) is 4.91 Å². The summed E-state index contributed by atoms with van der Waals surface area (Å²) in [6.07, 6.45) is 1.08. The van der Waals surface area contributed by atoms with Crippen molar-refractivity contribution < 1.29 is 4.79 Å². The van der Waals surface area contributed by atoms with E-state index < -0.39 is 0 Å². The molecule has 1 aliphatic heterocycles. The maximum Gasteiger partial charge on any atom is 0.263 e. The molecular formula is C15H17NOS2. The molecule has 1 aliphatic rings. The van der Waals surface area contributed by atoms with Crippen molar-refractivity contribution in [3.63, 3.8) is 0 Å². The zero-order chi connectivity index (χ0) is 14.0. The molecule has 0 aliphatic carbocycles. The van der Waals surface area contributed by atoms with Crippen molar-refractivity contribution >= 4 is 39.8 Å². The Labute approximate surface area is 123 Å². The quantitative estimate of drug-likeness (QED) is 0.679. The van der Waals surface area contributed by atoms with Crippen LogP contribution in [0.3, 0.4) is 0 Å². The predicted octanol–water partition coefficient (Wildman–Crippen LogP) is 3.76. The molecule has 0 bridgehead atoms. The van der Waals surface area contributed by atoms with Gasteiger partial charge in [0.15, 0.2) is 0 Å². The lowest BCUT2D eigenvalue weighted by Crippen LogP contribution is -2.18.